The van der Waals surface area contributed by atoms with Crippen LogP contribution in [0.15, 0.2) is 29.0 Å². The Hall–Kier alpha value is -1.37. The zero-order valence-electron chi connectivity index (χ0n) is 9.28. The van der Waals surface area contributed by atoms with Crippen LogP contribution in [0.5, 0.6) is 0 Å². The predicted molar refractivity (Wildman–Crippen MR) is 79.1 cm³/mol. The Kier molecular flexibility index (Phi) is 3.30. The van der Waals surface area contributed by atoms with Crippen LogP contribution in [0.3, 0.4) is 0 Å². The number of imidazole rings is 1. The molecule has 1 aromatic carbocycles. The molecule has 0 aliphatic carbocycles. The van der Waals surface area contributed by atoms with Crippen LogP contribution in [0.2, 0.25) is 10.3 Å². The van der Waals surface area contributed by atoms with Crippen LogP contribution in [0.1, 0.15) is 0 Å². The fourth-order valence-electron chi connectivity index (χ4n) is 1.62. The summed E-state index contributed by atoms with van der Waals surface area (Å²) in [6.45, 7) is 0. The molecule has 0 saturated heterocycles. The van der Waals surface area contributed by atoms with Gasteiger partial charge in [-0.15, -0.1) is 0 Å². The van der Waals surface area contributed by atoms with Gasteiger partial charge in [0.2, 0.25) is 5.28 Å². The summed E-state index contributed by atoms with van der Waals surface area (Å²) in [7, 11) is 0. The Morgan fingerprint density at radius 1 is 1.21 bits per heavy atom. The molecule has 19 heavy (non-hydrogen) atoms. The Labute approximate surface area is 126 Å². The normalized spacial score (nSPS) is 10.9. The minimum atomic E-state index is 0.119. The van der Waals surface area contributed by atoms with Gasteiger partial charge in [0.25, 0.3) is 0 Å². The molecule has 0 bridgehead atoms. The van der Waals surface area contributed by atoms with E-state index in [0.717, 1.165) is 4.47 Å². The van der Waals surface area contributed by atoms with E-state index in [2.05, 4.69) is 41.2 Å². The maximum absolute atomic E-state index is 6.13. The van der Waals surface area contributed by atoms with Crippen molar-refractivity contribution in [3.05, 3.63) is 39.3 Å². The van der Waals surface area contributed by atoms with Crippen molar-refractivity contribution in [1.82, 2.24) is 19.9 Å². The molecule has 0 spiro atoms. The number of halogens is 3. The number of hydrogen-bond donors (Lipinski definition) is 2. The van der Waals surface area contributed by atoms with E-state index in [1.54, 1.807) is 6.07 Å². The van der Waals surface area contributed by atoms with Crippen molar-refractivity contribution < 1.29 is 0 Å². The molecule has 0 radical (unpaired) electrons. The second-order valence-corrected chi connectivity index (χ2v) is 5.35. The van der Waals surface area contributed by atoms with Crippen molar-refractivity contribution in [3.63, 3.8) is 0 Å². The van der Waals surface area contributed by atoms with Crippen molar-refractivity contribution in [2.45, 2.75) is 0 Å². The number of benzene rings is 1. The van der Waals surface area contributed by atoms with Crippen molar-refractivity contribution in [1.29, 1.82) is 0 Å². The molecule has 96 valence electrons. The lowest BCUT2D eigenvalue weighted by atomic mass is 10.3. The molecule has 2 heterocycles. The first-order valence-electron chi connectivity index (χ1n) is 5.22. The lowest BCUT2D eigenvalue weighted by Gasteiger charge is -2.08. The number of aromatic amines is 1. The number of aromatic nitrogens is 4. The smallest absolute Gasteiger partial charge is 0.226 e. The number of fused-ring (bicyclic) bond motifs is 1. The highest BCUT2D eigenvalue weighted by atomic mass is 79.9. The number of nitrogens with one attached hydrogen (secondary N) is 2. The number of hydrogen-bond acceptors (Lipinski definition) is 4. The third kappa shape index (κ3) is 2.51. The Balaban J connectivity index is 2.10. The predicted octanol–water partition coefficient (Wildman–Crippen LogP) is 4.17. The van der Waals surface area contributed by atoms with Gasteiger partial charge in [0.1, 0.15) is 5.52 Å². The van der Waals surface area contributed by atoms with Gasteiger partial charge in [0.15, 0.2) is 11.5 Å². The first kappa shape index (κ1) is 12.7. The van der Waals surface area contributed by atoms with Crippen molar-refractivity contribution in [2.75, 3.05) is 5.32 Å². The average molecular weight is 359 g/mol. The highest BCUT2D eigenvalue weighted by Gasteiger charge is 2.10. The molecule has 0 aliphatic heterocycles. The van der Waals surface area contributed by atoms with Crippen molar-refractivity contribution >= 4 is 61.8 Å². The topological polar surface area (TPSA) is 66.5 Å². The molecule has 0 aliphatic rings. The third-order valence-corrected chi connectivity index (χ3v) is 3.43. The molecule has 8 heteroatoms. The molecule has 0 atom stereocenters. The second kappa shape index (κ2) is 4.96. The monoisotopic (exact) mass is 357 g/mol. The summed E-state index contributed by atoms with van der Waals surface area (Å²) in [6.07, 6.45) is 1.53. The zero-order chi connectivity index (χ0) is 13.4. The van der Waals surface area contributed by atoms with E-state index in [0.29, 0.717) is 27.7 Å². The van der Waals surface area contributed by atoms with Crippen LogP contribution >= 0.6 is 39.1 Å². The summed E-state index contributed by atoms with van der Waals surface area (Å²) in [5, 5.41) is 3.81. The Morgan fingerprint density at radius 2 is 2.05 bits per heavy atom. The number of nitrogens with zero attached hydrogens (tertiary/aromatic N) is 3. The fourth-order valence-corrected chi connectivity index (χ4v) is 2.31. The summed E-state index contributed by atoms with van der Waals surface area (Å²) in [5.41, 5.74) is 1.87. The number of anilines is 2. The van der Waals surface area contributed by atoms with Crippen molar-refractivity contribution in [2.24, 2.45) is 0 Å². The standard InChI is InChI=1S/C11H6BrCl2N5/c12-5-1-2-6(13)7(3-5)17-10-8-9(16-4-15-8)18-11(14)19-10/h1-4H,(H2,15,16,17,18,19). The zero-order valence-corrected chi connectivity index (χ0v) is 12.4. The van der Waals surface area contributed by atoms with Gasteiger partial charge in [-0.3, -0.25) is 0 Å². The van der Waals surface area contributed by atoms with Gasteiger partial charge in [0.05, 0.1) is 17.0 Å². The maximum atomic E-state index is 6.13. The lowest BCUT2D eigenvalue weighted by Crippen LogP contribution is -1.97. The van der Waals surface area contributed by atoms with Gasteiger partial charge >= 0.3 is 0 Å². The van der Waals surface area contributed by atoms with Crippen LogP contribution in [0.4, 0.5) is 11.5 Å². The SMILES string of the molecule is Clc1nc(Nc2cc(Br)ccc2Cl)c2[nH]cnc2n1. The summed E-state index contributed by atoms with van der Waals surface area (Å²) in [6, 6.07) is 5.48. The molecule has 0 amide bonds. The maximum Gasteiger partial charge on any atom is 0.226 e. The molecular formula is C11H6BrCl2N5. The van der Waals surface area contributed by atoms with Gasteiger partial charge in [-0.25, -0.2) is 4.98 Å². The minimum Gasteiger partial charge on any atom is -0.340 e. The lowest BCUT2D eigenvalue weighted by molar-refractivity contribution is 1.20. The van der Waals surface area contributed by atoms with E-state index in [1.165, 1.54) is 6.33 Å². The van der Waals surface area contributed by atoms with Gasteiger partial charge < -0.3 is 10.3 Å². The van der Waals surface area contributed by atoms with E-state index >= 15 is 0 Å². The molecule has 0 unspecified atom stereocenters. The quantitative estimate of drug-likeness (QED) is 0.675. The van der Waals surface area contributed by atoms with Crippen LogP contribution in [-0.2, 0) is 0 Å². The van der Waals surface area contributed by atoms with E-state index in [4.69, 9.17) is 23.2 Å². The minimum absolute atomic E-state index is 0.119. The first-order valence-corrected chi connectivity index (χ1v) is 6.77. The first-order chi connectivity index (χ1) is 9.13. The Bertz CT molecular complexity index is 758. The summed E-state index contributed by atoms with van der Waals surface area (Å²) >= 11 is 15.4. The molecule has 2 N–H and O–H groups in total. The van der Waals surface area contributed by atoms with Crippen LogP contribution in [-0.4, -0.2) is 19.9 Å². The highest BCUT2D eigenvalue weighted by molar-refractivity contribution is 9.10. The Morgan fingerprint density at radius 3 is 2.89 bits per heavy atom. The number of rotatable bonds is 2. The van der Waals surface area contributed by atoms with Gasteiger partial charge in [-0.1, -0.05) is 27.5 Å². The molecule has 3 aromatic rings. The van der Waals surface area contributed by atoms with Crippen LogP contribution < -0.4 is 5.32 Å². The van der Waals surface area contributed by atoms with Crippen LogP contribution in [0, 0.1) is 0 Å². The van der Waals surface area contributed by atoms with Gasteiger partial charge in [-0.2, -0.15) is 9.97 Å². The van der Waals surface area contributed by atoms with E-state index in [9.17, 15) is 0 Å². The molecule has 2 aromatic heterocycles. The molecular weight excluding hydrogens is 353 g/mol. The van der Waals surface area contributed by atoms with Crippen LogP contribution in [0.25, 0.3) is 11.2 Å². The van der Waals surface area contributed by atoms with E-state index in [1.807, 2.05) is 12.1 Å². The third-order valence-electron chi connectivity index (χ3n) is 2.44. The van der Waals surface area contributed by atoms with Gasteiger partial charge in [-0.05, 0) is 29.8 Å². The fraction of sp³-hybridized carbons (Fsp3) is 0. The highest BCUT2D eigenvalue weighted by Crippen LogP contribution is 2.30. The van der Waals surface area contributed by atoms with E-state index < -0.39 is 0 Å². The van der Waals surface area contributed by atoms with Crippen molar-refractivity contribution in [3.8, 4) is 0 Å². The largest absolute Gasteiger partial charge is 0.340 e. The molecule has 0 saturated carbocycles. The molecule has 5 nitrogen and oxygen atoms in total. The molecule has 3 rings (SSSR count). The number of H-pyrrole nitrogens is 1. The summed E-state index contributed by atoms with van der Waals surface area (Å²) in [5.74, 6) is 0.521. The van der Waals surface area contributed by atoms with Gasteiger partial charge in [0, 0.05) is 4.47 Å². The summed E-state index contributed by atoms with van der Waals surface area (Å²) in [4.78, 5) is 15.2. The van der Waals surface area contributed by atoms with E-state index in [-0.39, 0.29) is 5.28 Å². The average Bonchev–Trinajstić information content (AvgIpc) is 2.82. The molecule has 0 fully saturated rings. The summed E-state index contributed by atoms with van der Waals surface area (Å²) < 4.78 is 0.903. The second-order valence-electron chi connectivity index (χ2n) is 3.69.